The van der Waals surface area contributed by atoms with Gasteiger partial charge < -0.3 is 10.1 Å². The molecule has 0 spiro atoms. The predicted molar refractivity (Wildman–Crippen MR) is 101 cm³/mol. The van der Waals surface area contributed by atoms with Gasteiger partial charge >= 0.3 is 0 Å². The molecule has 3 rings (SSSR count). The molecule has 10 nitrogen and oxygen atoms in total. The van der Waals surface area contributed by atoms with Gasteiger partial charge in [0.1, 0.15) is 11.4 Å². The van der Waals surface area contributed by atoms with Crippen LogP contribution in [0.4, 0.5) is 17.1 Å². The Morgan fingerprint density at radius 1 is 1.14 bits per heavy atom. The van der Waals surface area contributed by atoms with Crippen LogP contribution in [0.3, 0.4) is 0 Å². The summed E-state index contributed by atoms with van der Waals surface area (Å²) in [5, 5.41) is 14.3. The van der Waals surface area contributed by atoms with E-state index in [2.05, 4.69) is 20.0 Å². The van der Waals surface area contributed by atoms with E-state index >= 15 is 0 Å². The molecule has 2 aromatic carbocycles. The van der Waals surface area contributed by atoms with Gasteiger partial charge in [0.15, 0.2) is 0 Å². The first-order valence-electron chi connectivity index (χ1n) is 7.92. The topological polar surface area (TPSA) is 136 Å². The lowest BCUT2D eigenvalue weighted by Crippen LogP contribution is -2.18. The number of sulfonamides is 1. The molecule has 0 amide bonds. The van der Waals surface area contributed by atoms with Gasteiger partial charge in [-0.05, 0) is 31.3 Å². The van der Waals surface area contributed by atoms with Crippen LogP contribution < -0.4 is 14.8 Å². The summed E-state index contributed by atoms with van der Waals surface area (Å²) in [6.45, 7) is 0. The van der Waals surface area contributed by atoms with Gasteiger partial charge in [-0.1, -0.05) is 6.07 Å². The lowest BCUT2D eigenvalue weighted by Gasteiger charge is -2.10. The summed E-state index contributed by atoms with van der Waals surface area (Å²) in [7, 11) is -2.57. The third-order valence-corrected chi connectivity index (χ3v) is 5.03. The normalized spacial score (nSPS) is 11.0. The van der Waals surface area contributed by atoms with E-state index in [-0.39, 0.29) is 16.3 Å². The van der Waals surface area contributed by atoms with Crippen LogP contribution in [0.25, 0.3) is 0 Å². The van der Waals surface area contributed by atoms with E-state index in [9.17, 15) is 18.5 Å². The average Bonchev–Trinajstić information content (AvgIpc) is 2.69. The van der Waals surface area contributed by atoms with Crippen LogP contribution in [-0.2, 0) is 10.0 Å². The van der Waals surface area contributed by atoms with Crippen LogP contribution in [0.1, 0.15) is 0 Å². The fraction of sp³-hybridized carbons (Fsp3) is 0.0588. The minimum absolute atomic E-state index is 0.136. The highest BCUT2D eigenvalue weighted by atomic mass is 32.2. The Hall–Kier alpha value is -3.57. The Labute approximate surface area is 160 Å². The summed E-state index contributed by atoms with van der Waals surface area (Å²) in [5.41, 5.74) is 0.266. The average molecular weight is 401 g/mol. The van der Waals surface area contributed by atoms with Crippen molar-refractivity contribution in [2.45, 2.75) is 4.90 Å². The third kappa shape index (κ3) is 4.39. The van der Waals surface area contributed by atoms with E-state index < -0.39 is 14.9 Å². The minimum Gasteiger partial charge on any atom is -0.437 e. The van der Waals surface area contributed by atoms with E-state index in [1.165, 1.54) is 37.8 Å². The maximum absolute atomic E-state index is 11.9. The molecule has 0 saturated heterocycles. The zero-order chi connectivity index (χ0) is 20.1. The highest BCUT2D eigenvalue weighted by Gasteiger charge is 2.20. The number of nitro benzene ring substituents is 1. The number of hydrogen-bond acceptors (Lipinski definition) is 8. The molecule has 0 aliphatic heterocycles. The van der Waals surface area contributed by atoms with Crippen molar-refractivity contribution in [3.05, 3.63) is 71.2 Å². The first kappa shape index (κ1) is 19.2. The molecule has 144 valence electrons. The molecule has 11 heteroatoms. The van der Waals surface area contributed by atoms with E-state index in [4.69, 9.17) is 4.74 Å². The molecular weight excluding hydrogens is 386 g/mol. The summed E-state index contributed by atoms with van der Waals surface area (Å²) in [5.74, 6) is 0.745. The van der Waals surface area contributed by atoms with Crippen molar-refractivity contribution in [1.82, 2.24) is 14.7 Å². The maximum Gasteiger partial charge on any atom is 0.294 e. The van der Waals surface area contributed by atoms with Crippen LogP contribution >= 0.6 is 0 Å². The molecule has 0 aliphatic rings. The zero-order valence-corrected chi connectivity index (χ0v) is 15.4. The van der Waals surface area contributed by atoms with Gasteiger partial charge in [0.05, 0.1) is 16.0 Å². The quantitative estimate of drug-likeness (QED) is 0.455. The zero-order valence-electron chi connectivity index (χ0n) is 14.6. The summed E-state index contributed by atoms with van der Waals surface area (Å²) in [6, 6.07) is 10.3. The molecule has 0 atom stereocenters. The van der Waals surface area contributed by atoms with Gasteiger partial charge in [0, 0.05) is 30.2 Å². The van der Waals surface area contributed by atoms with Crippen molar-refractivity contribution in [3.63, 3.8) is 0 Å². The third-order valence-electron chi connectivity index (χ3n) is 3.62. The van der Waals surface area contributed by atoms with Crippen molar-refractivity contribution in [1.29, 1.82) is 0 Å². The molecule has 0 radical (unpaired) electrons. The first-order valence-corrected chi connectivity index (χ1v) is 9.40. The second kappa shape index (κ2) is 7.98. The second-order valence-electron chi connectivity index (χ2n) is 5.44. The number of nitrogens with zero attached hydrogens (tertiary/aromatic N) is 3. The van der Waals surface area contributed by atoms with Gasteiger partial charge in [0.2, 0.25) is 15.9 Å². The van der Waals surface area contributed by atoms with Crippen LogP contribution in [-0.4, -0.2) is 30.4 Å². The minimum atomic E-state index is -3.80. The standard InChI is InChI=1S/C17H15N5O5S/c1-18-28(25,26)14-5-6-15(16(10-14)22(23)24)21-12-3-2-4-13(9-12)27-17-11-19-7-8-20-17/h2-11,18,21H,1H3. The Bertz CT molecular complexity index is 1110. The smallest absolute Gasteiger partial charge is 0.294 e. The highest BCUT2D eigenvalue weighted by Crippen LogP contribution is 2.31. The van der Waals surface area contributed by atoms with Crippen LogP contribution in [0, 0.1) is 10.1 Å². The fourth-order valence-electron chi connectivity index (χ4n) is 2.30. The maximum atomic E-state index is 11.9. The predicted octanol–water partition coefficient (Wildman–Crippen LogP) is 2.83. The number of benzene rings is 2. The lowest BCUT2D eigenvalue weighted by atomic mass is 10.2. The molecule has 2 N–H and O–H groups in total. The Morgan fingerprint density at radius 3 is 2.64 bits per heavy atom. The molecule has 1 heterocycles. The van der Waals surface area contributed by atoms with Crippen LogP contribution in [0.2, 0.25) is 0 Å². The SMILES string of the molecule is CNS(=O)(=O)c1ccc(Nc2cccc(Oc3cnccn3)c2)c([N+](=O)[O-])c1. The largest absolute Gasteiger partial charge is 0.437 e. The summed E-state index contributed by atoms with van der Waals surface area (Å²) in [4.78, 5) is 18.5. The van der Waals surface area contributed by atoms with Crippen molar-refractivity contribution >= 4 is 27.1 Å². The summed E-state index contributed by atoms with van der Waals surface area (Å²) in [6.07, 6.45) is 4.45. The van der Waals surface area contributed by atoms with Gasteiger partial charge in [0.25, 0.3) is 5.69 Å². The molecular formula is C17H15N5O5S. The Balaban J connectivity index is 1.89. The lowest BCUT2D eigenvalue weighted by molar-refractivity contribution is -0.384. The van der Waals surface area contributed by atoms with Gasteiger partial charge in [-0.25, -0.2) is 18.1 Å². The first-order chi connectivity index (χ1) is 13.4. The Kier molecular flexibility index (Phi) is 5.47. The van der Waals surface area contributed by atoms with Crippen molar-refractivity contribution in [2.24, 2.45) is 0 Å². The fourth-order valence-corrected chi connectivity index (χ4v) is 3.05. The molecule has 0 bridgehead atoms. The molecule has 3 aromatic rings. The molecule has 0 unspecified atom stereocenters. The number of rotatable bonds is 7. The van der Waals surface area contributed by atoms with E-state index in [1.54, 1.807) is 24.3 Å². The number of nitrogens with one attached hydrogen (secondary N) is 2. The van der Waals surface area contributed by atoms with Crippen molar-refractivity contribution < 1.29 is 18.1 Å². The van der Waals surface area contributed by atoms with Gasteiger partial charge in [-0.2, -0.15) is 0 Å². The number of hydrogen-bond donors (Lipinski definition) is 2. The van der Waals surface area contributed by atoms with Crippen LogP contribution in [0.5, 0.6) is 11.6 Å². The number of aromatic nitrogens is 2. The Morgan fingerprint density at radius 2 is 1.96 bits per heavy atom. The molecule has 28 heavy (non-hydrogen) atoms. The monoisotopic (exact) mass is 401 g/mol. The molecule has 1 aromatic heterocycles. The number of ether oxygens (including phenoxy) is 1. The van der Waals surface area contributed by atoms with Crippen molar-refractivity contribution in [2.75, 3.05) is 12.4 Å². The van der Waals surface area contributed by atoms with E-state index in [0.29, 0.717) is 17.3 Å². The number of nitro groups is 1. The van der Waals surface area contributed by atoms with Crippen molar-refractivity contribution in [3.8, 4) is 11.6 Å². The highest BCUT2D eigenvalue weighted by molar-refractivity contribution is 7.89. The van der Waals surface area contributed by atoms with E-state index in [1.807, 2.05) is 0 Å². The summed E-state index contributed by atoms with van der Waals surface area (Å²) >= 11 is 0. The van der Waals surface area contributed by atoms with Gasteiger partial charge in [-0.3, -0.25) is 15.1 Å². The molecule has 0 aliphatic carbocycles. The van der Waals surface area contributed by atoms with Gasteiger partial charge in [-0.15, -0.1) is 0 Å². The summed E-state index contributed by atoms with van der Waals surface area (Å²) < 4.78 is 31.5. The van der Waals surface area contributed by atoms with E-state index in [0.717, 1.165) is 6.07 Å². The molecule has 0 fully saturated rings. The molecule has 0 saturated carbocycles. The van der Waals surface area contributed by atoms with Crippen LogP contribution in [0.15, 0.2) is 66.0 Å². The number of anilines is 2. The second-order valence-corrected chi connectivity index (χ2v) is 7.33.